The van der Waals surface area contributed by atoms with Crippen molar-refractivity contribution < 1.29 is 13.9 Å². The maximum absolute atomic E-state index is 12.7. The molecule has 0 unspecified atom stereocenters. The predicted molar refractivity (Wildman–Crippen MR) is 60.5 cm³/mol. The smallest absolute Gasteiger partial charge is 0.309 e. The molecule has 0 saturated heterocycles. The quantitative estimate of drug-likeness (QED) is 0.719. The van der Waals surface area contributed by atoms with E-state index < -0.39 is 0 Å². The lowest BCUT2D eigenvalue weighted by atomic mass is 9.97. The van der Waals surface area contributed by atoms with E-state index in [1.54, 1.807) is 19.1 Å². The maximum atomic E-state index is 12.7. The van der Waals surface area contributed by atoms with Gasteiger partial charge in [0.25, 0.3) is 0 Å². The van der Waals surface area contributed by atoms with Crippen molar-refractivity contribution in [3.63, 3.8) is 0 Å². The van der Waals surface area contributed by atoms with Crippen LogP contribution in [0.2, 0.25) is 0 Å². The summed E-state index contributed by atoms with van der Waals surface area (Å²) in [4.78, 5) is 11.5. The fraction of sp³-hybridized carbons (Fsp3) is 0.462. The van der Waals surface area contributed by atoms with Gasteiger partial charge in [-0.25, -0.2) is 4.39 Å². The number of esters is 1. The van der Waals surface area contributed by atoms with Crippen molar-refractivity contribution in [2.24, 2.45) is 5.92 Å². The first-order chi connectivity index (χ1) is 7.67. The summed E-state index contributed by atoms with van der Waals surface area (Å²) in [6.45, 7) is 4.15. The van der Waals surface area contributed by atoms with Gasteiger partial charge >= 0.3 is 5.97 Å². The lowest BCUT2D eigenvalue weighted by Crippen LogP contribution is -2.19. The van der Waals surface area contributed by atoms with Gasteiger partial charge in [0.15, 0.2) is 0 Å². The molecular weight excluding hydrogens is 207 g/mol. The lowest BCUT2D eigenvalue weighted by Gasteiger charge is -2.13. The largest absolute Gasteiger partial charge is 0.466 e. The summed E-state index contributed by atoms with van der Waals surface area (Å²) < 4.78 is 17.7. The second-order valence-electron chi connectivity index (χ2n) is 3.69. The standard InChI is InChI=1S/C13H17FO2/c1-3-11(13(15)16-4-2)9-10-5-7-12(14)8-6-10/h5-8,11H,3-4,9H2,1-2H3/t11-/m0/s1. The van der Waals surface area contributed by atoms with Gasteiger partial charge in [0, 0.05) is 0 Å². The first-order valence-electron chi connectivity index (χ1n) is 5.58. The van der Waals surface area contributed by atoms with Crippen molar-refractivity contribution in [3.8, 4) is 0 Å². The molecule has 0 aromatic heterocycles. The highest BCUT2D eigenvalue weighted by molar-refractivity contribution is 5.72. The van der Waals surface area contributed by atoms with Crippen LogP contribution in [-0.4, -0.2) is 12.6 Å². The highest BCUT2D eigenvalue weighted by Gasteiger charge is 2.17. The molecular formula is C13H17FO2. The molecule has 1 atom stereocenters. The first-order valence-corrected chi connectivity index (χ1v) is 5.58. The van der Waals surface area contributed by atoms with Crippen molar-refractivity contribution in [2.75, 3.05) is 6.61 Å². The maximum Gasteiger partial charge on any atom is 0.309 e. The molecule has 0 aliphatic carbocycles. The molecule has 0 radical (unpaired) electrons. The second-order valence-corrected chi connectivity index (χ2v) is 3.69. The third kappa shape index (κ3) is 3.65. The zero-order valence-corrected chi connectivity index (χ0v) is 9.70. The molecule has 0 spiro atoms. The van der Waals surface area contributed by atoms with E-state index in [4.69, 9.17) is 4.74 Å². The summed E-state index contributed by atoms with van der Waals surface area (Å²) >= 11 is 0. The van der Waals surface area contributed by atoms with E-state index >= 15 is 0 Å². The molecule has 0 amide bonds. The Morgan fingerprint density at radius 1 is 1.31 bits per heavy atom. The third-order valence-corrected chi connectivity index (χ3v) is 2.51. The van der Waals surface area contributed by atoms with Crippen LogP contribution in [0.3, 0.4) is 0 Å². The topological polar surface area (TPSA) is 26.3 Å². The molecule has 88 valence electrons. The number of halogens is 1. The number of carbonyl (C=O) groups excluding carboxylic acids is 1. The minimum Gasteiger partial charge on any atom is -0.466 e. The number of hydrogen-bond donors (Lipinski definition) is 0. The van der Waals surface area contributed by atoms with Crippen molar-refractivity contribution >= 4 is 5.97 Å². The molecule has 1 rings (SSSR count). The van der Waals surface area contributed by atoms with Crippen molar-refractivity contribution in [3.05, 3.63) is 35.6 Å². The summed E-state index contributed by atoms with van der Waals surface area (Å²) in [6, 6.07) is 6.23. The van der Waals surface area contributed by atoms with Crippen LogP contribution in [0, 0.1) is 11.7 Å². The number of hydrogen-bond acceptors (Lipinski definition) is 2. The molecule has 3 heteroatoms. The average Bonchev–Trinajstić information content (AvgIpc) is 2.28. The Balaban J connectivity index is 2.62. The minimum absolute atomic E-state index is 0.134. The van der Waals surface area contributed by atoms with Gasteiger partial charge in [-0.2, -0.15) is 0 Å². The zero-order chi connectivity index (χ0) is 12.0. The molecule has 1 aromatic rings. The van der Waals surface area contributed by atoms with Crippen molar-refractivity contribution in [1.82, 2.24) is 0 Å². The van der Waals surface area contributed by atoms with Gasteiger partial charge in [-0.05, 0) is 37.5 Å². The molecule has 0 heterocycles. The molecule has 0 bridgehead atoms. The zero-order valence-electron chi connectivity index (χ0n) is 9.70. The van der Waals surface area contributed by atoms with Gasteiger partial charge in [-0.3, -0.25) is 4.79 Å². The molecule has 0 N–H and O–H groups in total. The summed E-state index contributed by atoms with van der Waals surface area (Å²) in [5.41, 5.74) is 0.960. The predicted octanol–water partition coefficient (Wildman–Crippen LogP) is 2.96. The molecule has 0 aliphatic heterocycles. The lowest BCUT2D eigenvalue weighted by molar-refractivity contribution is -0.148. The molecule has 16 heavy (non-hydrogen) atoms. The number of rotatable bonds is 5. The minimum atomic E-state index is -0.257. The Bertz CT molecular complexity index is 332. The fourth-order valence-corrected chi connectivity index (χ4v) is 1.56. The number of carbonyl (C=O) groups is 1. The molecule has 1 aromatic carbocycles. The van der Waals surface area contributed by atoms with Gasteiger partial charge in [-0.1, -0.05) is 19.1 Å². The van der Waals surface area contributed by atoms with Gasteiger partial charge in [0.2, 0.25) is 0 Å². The van der Waals surface area contributed by atoms with Crippen LogP contribution in [0.25, 0.3) is 0 Å². The van der Waals surface area contributed by atoms with Crippen molar-refractivity contribution in [2.45, 2.75) is 26.7 Å². The van der Waals surface area contributed by atoms with Gasteiger partial charge in [-0.15, -0.1) is 0 Å². The molecule has 0 fully saturated rings. The van der Waals surface area contributed by atoms with Gasteiger partial charge in [0.05, 0.1) is 12.5 Å². The van der Waals surface area contributed by atoms with E-state index in [0.29, 0.717) is 13.0 Å². The third-order valence-electron chi connectivity index (χ3n) is 2.51. The SMILES string of the molecule is CCOC(=O)[C@@H](CC)Cc1ccc(F)cc1. The second kappa shape index (κ2) is 6.26. The van der Waals surface area contributed by atoms with E-state index in [1.165, 1.54) is 12.1 Å². The molecule has 2 nitrogen and oxygen atoms in total. The number of benzene rings is 1. The van der Waals surface area contributed by atoms with Crippen LogP contribution in [-0.2, 0) is 16.0 Å². The average molecular weight is 224 g/mol. The fourth-order valence-electron chi connectivity index (χ4n) is 1.56. The Labute approximate surface area is 95.4 Å². The summed E-state index contributed by atoms with van der Waals surface area (Å²) in [7, 11) is 0. The Hall–Kier alpha value is -1.38. The van der Waals surface area contributed by atoms with E-state index in [0.717, 1.165) is 12.0 Å². The summed E-state index contributed by atoms with van der Waals surface area (Å²) in [6.07, 6.45) is 1.34. The molecule has 0 saturated carbocycles. The number of ether oxygens (including phenoxy) is 1. The van der Waals surface area contributed by atoms with Crippen LogP contribution in [0.5, 0.6) is 0 Å². The monoisotopic (exact) mass is 224 g/mol. The van der Waals surface area contributed by atoms with E-state index in [9.17, 15) is 9.18 Å². The van der Waals surface area contributed by atoms with Gasteiger partial charge in [0.1, 0.15) is 5.82 Å². The van der Waals surface area contributed by atoms with E-state index in [-0.39, 0.29) is 17.7 Å². The van der Waals surface area contributed by atoms with Crippen LogP contribution in [0.1, 0.15) is 25.8 Å². The van der Waals surface area contributed by atoms with Crippen molar-refractivity contribution in [1.29, 1.82) is 0 Å². The first kappa shape index (κ1) is 12.7. The van der Waals surface area contributed by atoms with Gasteiger partial charge < -0.3 is 4.74 Å². The molecule has 0 aliphatic rings. The highest BCUT2D eigenvalue weighted by Crippen LogP contribution is 2.14. The Morgan fingerprint density at radius 2 is 1.94 bits per heavy atom. The van der Waals surface area contributed by atoms with Crippen LogP contribution < -0.4 is 0 Å². The van der Waals surface area contributed by atoms with Crippen LogP contribution in [0.4, 0.5) is 4.39 Å². The van der Waals surface area contributed by atoms with Crippen LogP contribution >= 0.6 is 0 Å². The van der Waals surface area contributed by atoms with E-state index in [1.807, 2.05) is 6.92 Å². The summed E-state index contributed by atoms with van der Waals surface area (Å²) in [5.74, 6) is -0.562. The Kier molecular flexibility index (Phi) is 4.96. The highest BCUT2D eigenvalue weighted by atomic mass is 19.1. The normalized spacial score (nSPS) is 12.2. The van der Waals surface area contributed by atoms with Crippen LogP contribution in [0.15, 0.2) is 24.3 Å². The Morgan fingerprint density at radius 3 is 2.44 bits per heavy atom. The summed E-state index contributed by atoms with van der Waals surface area (Å²) in [5, 5.41) is 0. The van der Waals surface area contributed by atoms with E-state index in [2.05, 4.69) is 0 Å².